The zero-order valence-corrected chi connectivity index (χ0v) is 27.2. The van der Waals surface area contributed by atoms with Gasteiger partial charge in [0, 0.05) is 13.1 Å². The molecule has 0 unspecified atom stereocenters. The van der Waals surface area contributed by atoms with Crippen LogP contribution in [-0.4, -0.2) is 63.3 Å². The molecule has 3 rings (SSSR count). The van der Waals surface area contributed by atoms with Crippen molar-refractivity contribution in [2.75, 3.05) is 13.1 Å². The normalized spacial score (nSPS) is 13.5. The second-order valence-corrected chi connectivity index (χ2v) is 14.8. The number of carboxylic acid groups (broad SMARTS) is 1. The summed E-state index contributed by atoms with van der Waals surface area (Å²) in [6.45, 7) is 5.55. The molecule has 0 spiro atoms. The van der Waals surface area contributed by atoms with E-state index in [-0.39, 0.29) is 48.1 Å². The van der Waals surface area contributed by atoms with Gasteiger partial charge in [0.05, 0.1) is 9.79 Å². The maximum Gasteiger partial charge on any atom is 0.322 e. The van der Waals surface area contributed by atoms with Crippen LogP contribution in [0.1, 0.15) is 44.2 Å². The van der Waals surface area contributed by atoms with Gasteiger partial charge in [-0.25, -0.2) is 21.2 Å². The molecule has 0 aliphatic heterocycles. The molecule has 45 heavy (non-hydrogen) atoms. The zero-order valence-electron chi connectivity index (χ0n) is 25.5. The molecular formula is C32H40FN3O7S2. The number of sulfonamides is 2. The Hall–Kier alpha value is -3.65. The molecule has 3 N–H and O–H groups in total. The van der Waals surface area contributed by atoms with Crippen molar-refractivity contribution in [1.82, 2.24) is 14.3 Å². The van der Waals surface area contributed by atoms with Gasteiger partial charge in [0.25, 0.3) is 0 Å². The molecule has 0 radical (unpaired) electrons. The Morgan fingerprint density at radius 1 is 0.867 bits per heavy atom. The van der Waals surface area contributed by atoms with Gasteiger partial charge in [0.15, 0.2) is 0 Å². The van der Waals surface area contributed by atoms with Gasteiger partial charge in [-0.05, 0) is 80.5 Å². The van der Waals surface area contributed by atoms with E-state index in [4.69, 9.17) is 0 Å². The average Bonchev–Trinajstić information content (AvgIpc) is 2.98. The summed E-state index contributed by atoms with van der Waals surface area (Å²) in [5, 5.41) is 12.7. The van der Waals surface area contributed by atoms with E-state index in [9.17, 15) is 35.9 Å². The largest absolute Gasteiger partial charge is 0.480 e. The van der Waals surface area contributed by atoms with Gasteiger partial charge in [0.2, 0.25) is 26.0 Å². The molecule has 0 saturated heterocycles. The van der Waals surface area contributed by atoms with Crippen LogP contribution in [0.2, 0.25) is 0 Å². The van der Waals surface area contributed by atoms with Gasteiger partial charge in [0.1, 0.15) is 17.9 Å². The number of benzene rings is 3. The summed E-state index contributed by atoms with van der Waals surface area (Å²) in [5.41, 5.74) is 1.58. The van der Waals surface area contributed by atoms with E-state index in [1.165, 1.54) is 12.1 Å². The topological polar surface area (TPSA) is 150 Å². The van der Waals surface area contributed by atoms with Crippen LogP contribution in [0, 0.1) is 18.7 Å². The van der Waals surface area contributed by atoms with Crippen molar-refractivity contribution in [2.24, 2.45) is 5.92 Å². The molecule has 3 aromatic carbocycles. The van der Waals surface area contributed by atoms with Crippen LogP contribution in [0.4, 0.5) is 4.39 Å². The standard InChI is InChI=1S/C32H40FN3O7S2/c1-23(2)22-36(45(42,43)28-16-12-24(3)13-17-28)30(32(38)39)11-7-8-20-34-31(37)29(21-25-9-5-4-6-10-25)35-44(40,41)27-18-14-26(33)15-19-27/h4-6,9-10,12-19,23,29-30,35H,7-8,11,20-22H2,1-3H3,(H,34,37)(H,38,39)/t29-,30-/m0/s1. The van der Waals surface area contributed by atoms with E-state index in [0.717, 1.165) is 34.1 Å². The summed E-state index contributed by atoms with van der Waals surface area (Å²) in [5.74, 6) is -2.60. The number of carbonyl (C=O) groups is 2. The highest BCUT2D eigenvalue weighted by molar-refractivity contribution is 7.89. The predicted molar refractivity (Wildman–Crippen MR) is 169 cm³/mol. The summed E-state index contributed by atoms with van der Waals surface area (Å²) in [6.07, 6.45) is 0.654. The summed E-state index contributed by atoms with van der Waals surface area (Å²) in [6, 6.07) is 16.8. The van der Waals surface area contributed by atoms with Crippen molar-refractivity contribution in [3.8, 4) is 0 Å². The minimum Gasteiger partial charge on any atom is -0.480 e. The Bertz CT molecular complexity index is 1630. The maximum absolute atomic E-state index is 13.5. The van der Waals surface area contributed by atoms with Crippen LogP contribution >= 0.6 is 0 Å². The van der Waals surface area contributed by atoms with Crippen molar-refractivity contribution in [3.05, 3.63) is 95.8 Å². The first-order valence-electron chi connectivity index (χ1n) is 14.6. The molecule has 244 valence electrons. The number of amides is 1. The summed E-state index contributed by atoms with van der Waals surface area (Å²) >= 11 is 0. The molecule has 0 bridgehead atoms. The van der Waals surface area contributed by atoms with Crippen molar-refractivity contribution < 1.29 is 35.9 Å². The molecule has 0 saturated carbocycles. The third-order valence-corrected chi connectivity index (χ3v) is 10.4. The number of halogens is 1. The fourth-order valence-corrected chi connectivity index (χ4v) is 7.66. The van der Waals surface area contributed by atoms with Crippen LogP contribution < -0.4 is 10.0 Å². The quantitative estimate of drug-likeness (QED) is 0.184. The van der Waals surface area contributed by atoms with E-state index >= 15 is 0 Å². The lowest BCUT2D eigenvalue weighted by Crippen LogP contribution is -2.48. The van der Waals surface area contributed by atoms with Gasteiger partial charge in [-0.1, -0.05) is 61.9 Å². The lowest BCUT2D eigenvalue weighted by Gasteiger charge is -2.29. The number of nitrogens with zero attached hydrogens (tertiary/aromatic N) is 1. The van der Waals surface area contributed by atoms with E-state index in [1.807, 2.05) is 20.8 Å². The molecule has 2 atom stereocenters. The molecule has 0 heterocycles. The number of hydrogen-bond acceptors (Lipinski definition) is 6. The third kappa shape index (κ3) is 10.5. The van der Waals surface area contributed by atoms with Crippen LogP contribution in [0.15, 0.2) is 88.7 Å². The molecule has 13 heteroatoms. The molecule has 1 amide bonds. The first-order valence-corrected chi connectivity index (χ1v) is 17.5. The molecular weight excluding hydrogens is 621 g/mol. The van der Waals surface area contributed by atoms with Crippen molar-refractivity contribution in [3.63, 3.8) is 0 Å². The molecule has 0 aliphatic carbocycles. The van der Waals surface area contributed by atoms with E-state index in [1.54, 1.807) is 42.5 Å². The molecule has 0 fully saturated rings. The second-order valence-electron chi connectivity index (χ2n) is 11.2. The van der Waals surface area contributed by atoms with Crippen molar-refractivity contribution in [1.29, 1.82) is 0 Å². The zero-order chi connectivity index (χ0) is 33.2. The number of rotatable bonds is 17. The Balaban J connectivity index is 1.67. The highest BCUT2D eigenvalue weighted by Crippen LogP contribution is 2.23. The first kappa shape index (κ1) is 35.8. The fraction of sp³-hybridized carbons (Fsp3) is 0.375. The second kappa shape index (κ2) is 16.1. The summed E-state index contributed by atoms with van der Waals surface area (Å²) in [7, 11) is -8.26. The number of nitrogens with one attached hydrogen (secondary N) is 2. The fourth-order valence-electron chi connectivity index (χ4n) is 4.69. The smallest absolute Gasteiger partial charge is 0.322 e. The predicted octanol–water partition coefficient (Wildman–Crippen LogP) is 4.11. The molecule has 0 aromatic heterocycles. The lowest BCUT2D eigenvalue weighted by molar-refractivity contribution is -0.142. The first-order chi connectivity index (χ1) is 21.2. The average molecular weight is 662 g/mol. The Morgan fingerprint density at radius 2 is 1.47 bits per heavy atom. The van der Waals surface area contributed by atoms with Crippen LogP contribution in [0.3, 0.4) is 0 Å². The number of carboxylic acids is 1. The van der Waals surface area contributed by atoms with Crippen LogP contribution in [0.5, 0.6) is 0 Å². The number of hydrogen-bond donors (Lipinski definition) is 3. The van der Waals surface area contributed by atoms with E-state index in [0.29, 0.717) is 12.0 Å². The summed E-state index contributed by atoms with van der Waals surface area (Å²) in [4.78, 5) is 25.3. The lowest BCUT2D eigenvalue weighted by atomic mass is 10.1. The Labute approximate surface area is 264 Å². The van der Waals surface area contributed by atoms with Gasteiger partial charge < -0.3 is 10.4 Å². The number of carbonyl (C=O) groups excluding carboxylic acids is 1. The Morgan fingerprint density at radius 3 is 2.04 bits per heavy atom. The van der Waals surface area contributed by atoms with Gasteiger partial charge in [-0.15, -0.1) is 0 Å². The van der Waals surface area contributed by atoms with Gasteiger partial charge in [-0.3, -0.25) is 9.59 Å². The highest BCUT2D eigenvalue weighted by atomic mass is 32.2. The maximum atomic E-state index is 13.5. The van der Waals surface area contributed by atoms with Crippen LogP contribution in [-0.2, 0) is 36.1 Å². The number of unbranched alkanes of at least 4 members (excludes halogenated alkanes) is 1. The minimum absolute atomic E-state index is 0.00759. The minimum atomic E-state index is -4.16. The third-order valence-electron chi connectivity index (χ3n) is 7.03. The highest BCUT2D eigenvalue weighted by Gasteiger charge is 2.36. The molecule has 3 aromatic rings. The SMILES string of the molecule is Cc1ccc(S(=O)(=O)N(CC(C)C)[C@@H](CCCCNC(=O)[C@H](Cc2ccccc2)NS(=O)(=O)c2ccc(F)cc2)C(=O)O)cc1. The van der Waals surface area contributed by atoms with E-state index < -0.39 is 49.8 Å². The van der Waals surface area contributed by atoms with Gasteiger partial charge >= 0.3 is 5.97 Å². The van der Waals surface area contributed by atoms with E-state index in [2.05, 4.69) is 10.0 Å². The Kier molecular flexibility index (Phi) is 12.8. The summed E-state index contributed by atoms with van der Waals surface area (Å²) < 4.78 is 69.7. The van der Waals surface area contributed by atoms with Gasteiger partial charge in [-0.2, -0.15) is 9.03 Å². The monoisotopic (exact) mass is 661 g/mol. The number of aryl methyl sites for hydroxylation is 1. The van der Waals surface area contributed by atoms with Crippen molar-refractivity contribution in [2.45, 2.75) is 68.3 Å². The molecule has 10 nitrogen and oxygen atoms in total. The van der Waals surface area contributed by atoms with Crippen molar-refractivity contribution >= 4 is 31.9 Å². The molecule has 0 aliphatic rings. The number of aliphatic carboxylic acids is 1. The van der Waals surface area contributed by atoms with Crippen LogP contribution in [0.25, 0.3) is 0 Å².